The Morgan fingerprint density at radius 2 is 1.68 bits per heavy atom. The molecular weight excluding hydrogens is 368 g/mol. The Morgan fingerprint density at radius 1 is 1.14 bits per heavy atom. The van der Waals surface area contributed by atoms with Crippen LogP contribution in [-0.2, 0) is 15.3 Å². The van der Waals surface area contributed by atoms with Crippen molar-refractivity contribution < 1.29 is 12.8 Å². The molecule has 0 radical (unpaired) electrons. The summed E-state index contributed by atoms with van der Waals surface area (Å²) in [7, 11) is -0.279. The van der Waals surface area contributed by atoms with Gasteiger partial charge in [0.1, 0.15) is 0 Å². The standard InChI is InChI=1S/C15H19BrN2O3S/c1-15(2,3)14-17-12(13(21-14)18(4)5)22(19,20)11-8-6-10(16)7-9-11/h6-9H,1-5H3. The maximum atomic E-state index is 12.8. The summed E-state index contributed by atoms with van der Waals surface area (Å²) in [4.78, 5) is 6.07. The van der Waals surface area contributed by atoms with Crippen LogP contribution in [-0.4, -0.2) is 27.5 Å². The molecule has 1 aromatic heterocycles. The Hall–Kier alpha value is -1.34. The van der Waals surface area contributed by atoms with Crippen molar-refractivity contribution in [2.75, 3.05) is 19.0 Å². The monoisotopic (exact) mass is 386 g/mol. The molecule has 0 bridgehead atoms. The van der Waals surface area contributed by atoms with Crippen molar-refractivity contribution in [3.63, 3.8) is 0 Å². The number of hydrogen-bond acceptors (Lipinski definition) is 5. The van der Waals surface area contributed by atoms with E-state index in [0.717, 1.165) is 4.47 Å². The minimum atomic E-state index is -3.74. The van der Waals surface area contributed by atoms with E-state index in [-0.39, 0.29) is 21.2 Å². The maximum Gasteiger partial charge on any atom is 0.235 e. The number of halogens is 1. The highest BCUT2D eigenvalue weighted by Crippen LogP contribution is 2.34. The van der Waals surface area contributed by atoms with Crippen LogP contribution in [0.2, 0.25) is 0 Å². The predicted molar refractivity (Wildman–Crippen MR) is 89.1 cm³/mol. The Morgan fingerprint density at radius 3 is 2.14 bits per heavy atom. The summed E-state index contributed by atoms with van der Waals surface area (Å²) >= 11 is 3.30. The molecule has 0 aliphatic heterocycles. The number of hydrogen-bond donors (Lipinski definition) is 0. The largest absolute Gasteiger partial charge is 0.423 e. The van der Waals surface area contributed by atoms with Crippen LogP contribution in [0, 0.1) is 0 Å². The van der Waals surface area contributed by atoms with Crippen LogP contribution in [0.1, 0.15) is 26.7 Å². The van der Waals surface area contributed by atoms with Gasteiger partial charge in [0.05, 0.1) is 4.90 Å². The van der Waals surface area contributed by atoms with Crippen LogP contribution in [0.4, 0.5) is 5.88 Å². The molecule has 0 saturated carbocycles. The van der Waals surface area contributed by atoms with Crippen molar-refractivity contribution in [1.82, 2.24) is 4.98 Å². The van der Waals surface area contributed by atoms with Crippen molar-refractivity contribution >= 4 is 31.7 Å². The van der Waals surface area contributed by atoms with E-state index in [4.69, 9.17) is 4.42 Å². The van der Waals surface area contributed by atoms with Crippen molar-refractivity contribution in [2.24, 2.45) is 0 Å². The van der Waals surface area contributed by atoms with Gasteiger partial charge in [0.2, 0.25) is 26.6 Å². The SMILES string of the molecule is CN(C)c1oc(C(C)(C)C)nc1S(=O)(=O)c1ccc(Br)cc1. The Bertz CT molecular complexity index is 772. The van der Waals surface area contributed by atoms with Gasteiger partial charge in [0.25, 0.3) is 0 Å². The molecule has 0 atom stereocenters. The molecule has 0 N–H and O–H groups in total. The normalized spacial score (nSPS) is 12.5. The van der Waals surface area contributed by atoms with Crippen LogP contribution in [0.15, 0.2) is 43.1 Å². The third-order valence-corrected chi connectivity index (χ3v) is 5.20. The average molecular weight is 387 g/mol. The zero-order chi connectivity index (χ0) is 16.7. The summed E-state index contributed by atoms with van der Waals surface area (Å²) in [5.74, 6) is 0.639. The van der Waals surface area contributed by atoms with Gasteiger partial charge < -0.3 is 9.32 Å². The predicted octanol–water partition coefficient (Wildman–Crippen LogP) is 3.63. The molecule has 2 aromatic rings. The summed E-state index contributed by atoms with van der Waals surface area (Å²) in [5, 5.41) is -0.0512. The van der Waals surface area contributed by atoms with Gasteiger partial charge in [-0.2, -0.15) is 4.98 Å². The second kappa shape index (κ2) is 5.70. The second-order valence-corrected chi connectivity index (χ2v) is 9.01. The van der Waals surface area contributed by atoms with Crippen LogP contribution in [0.3, 0.4) is 0 Å². The van der Waals surface area contributed by atoms with Gasteiger partial charge in [-0.15, -0.1) is 0 Å². The van der Waals surface area contributed by atoms with E-state index in [1.165, 1.54) is 0 Å². The molecule has 5 nitrogen and oxygen atoms in total. The third kappa shape index (κ3) is 3.20. The van der Waals surface area contributed by atoms with Gasteiger partial charge in [-0.1, -0.05) is 36.7 Å². The highest BCUT2D eigenvalue weighted by atomic mass is 79.9. The van der Waals surface area contributed by atoms with E-state index in [0.29, 0.717) is 5.89 Å². The number of aromatic nitrogens is 1. The number of anilines is 1. The van der Waals surface area contributed by atoms with Gasteiger partial charge in [0.15, 0.2) is 0 Å². The summed E-state index contributed by atoms with van der Waals surface area (Å²) in [6.45, 7) is 5.77. The minimum absolute atomic E-state index is 0.0512. The van der Waals surface area contributed by atoms with Crippen LogP contribution >= 0.6 is 15.9 Å². The molecule has 22 heavy (non-hydrogen) atoms. The first kappa shape index (κ1) is 17.0. The van der Waals surface area contributed by atoms with Crippen molar-refractivity contribution in [3.05, 3.63) is 34.6 Å². The van der Waals surface area contributed by atoms with Crippen LogP contribution in [0.25, 0.3) is 0 Å². The summed E-state index contributed by atoms with van der Waals surface area (Å²) < 4.78 is 32.2. The van der Waals surface area contributed by atoms with Gasteiger partial charge >= 0.3 is 0 Å². The smallest absolute Gasteiger partial charge is 0.235 e. The zero-order valence-corrected chi connectivity index (χ0v) is 15.6. The summed E-state index contributed by atoms with van der Waals surface area (Å²) in [6, 6.07) is 6.47. The number of nitrogens with zero attached hydrogens (tertiary/aromatic N) is 2. The molecule has 0 spiro atoms. The number of rotatable bonds is 3. The van der Waals surface area contributed by atoms with Crippen molar-refractivity contribution in [1.29, 1.82) is 0 Å². The van der Waals surface area contributed by atoms with Gasteiger partial charge in [-0.05, 0) is 24.3 Å². The maximum absolute atomic E-state index is 12.8. The Labute approximate surface area is 139 Å². The molecule has 7 heteroatoms. The van der Waals surface area contributed by atoms with E-state index in [2.05, 4.69) is 20.9 Å². The van der Waals surface area contributed by atoms with Gasteiger partial charge in [-0.3, -0.25) is 0 Å². The lowest BCUT2D eigenvalue weighted by molar-refractivity contribution is 0.395. The Kier molecular flexibility index (Phi) is 4.41. The lowest BCUT2D eigenvalue weighted by atomic mass is 9.97. The second-order valence-electron chi connectivity index (χ2n) is 6.23. The van der Waals surface area contributed by atoms with E-state index < -0.39 is 9.84 Å². The summed E-state index contributed by atoms with van der Waals surface area (Å²) in [6.07, 6.45) is 0. The molecule has 0 amide bonds. The molecule has 120 valence electrons. The quantitative estimate of drug-likeness (QED) is 0.805. The first-order valence-electron chi connectivity index (χ1n) is 6.73. The molecule has 1 aromatic carbocycles. The van der Waals surface area contributed by atoms with Crippen LogP contribution in [0.5, 0.6) is 0 Å². The minimum Gasteiger partial charge on any atom is -0.423 e. The lowest BCUT2D eigenvalue weighted by Gasteiger charge is -2.13. The fourth-order valence-electron chi connectivity index (χ4n) is 1.80. The summed E-state index contributed by atoms with van der Waals surface area (Å²) in [5.41, 5.74) is -0.377. The van der Waals surface area contributed by atoms with Gasteiger partial charge in [0, 0.05) is 24.0 Å². The zero-order valence-electron chi connectivity index (χ0n) is 13.2. The Balaban J connectivity index is 2.64. The van der Waals surface area contributed by atoms with E-state index in [1.54, 1.807) is 43.3 Å². The lowest BCUT2D eigenvalue weighted by Crippen LogP contribution is -2.13. The highest BCUT2D eigenvalue weighted by molar-refractivity contribution is 9.10. The number of sulfone groups is 1. The third-order valence-electron chi connectivity index (χ3n) is 3.01. The molecule has 2 rings (SSSR count). The molecule has 0 unspecified atom stereocenters. The molecule has 0 aliphatic rings. The number of benzene rings is 1. The molecule has 0 aliphatic carbocycles. The fraction of sp³-hybridized carbons (Fsp3) is 0.400. The van der Waals surface area contributed by atoms with Crippen molar-refractivity contribution in [3.8, 4) is 0 Å². The average Bonchev–Trinajstić information content (AvgIpc) is 2.85. The molecule has 0 fully saturated rings. The topological polar surface area (TPSA) is 63.4 Å². The van der Waals surface area contributed by atoms with Crippen molar-refractivity contribution in [2.45, 2.75) is 36.1 Å². The highest BCUT2D eigenvalue weighted by Gasteiger charge is 2.32. The van der Waals surface area contributed by atoms with Gasteiger partial charge in [-0.25, -0.2) is 8.42 Å². The molecular formula is C15H19BrN2O3S. The first-order valence-corrected chi connectivity index (χ1v) is 9.00. The fourth-order valence-corrected chi connectivity index (χ4v) is 3.44. The van der Waals surface area contributed by atoms with Crippen LogP contribution < -0.4 is 4.90 Å². The molecule has 0 saturated heterocycles. The first-order chi connectivity index (χ1) is 10.0. The van der Waals surface area contributed by atoms with E-state index >= 15 is 0 Å². The molecule has 1 heterocycles. The van der Waals surface area contributed by atoms with E-state index in [9.17, 15) is 8.42 Å². The van der Waals surface area contributed by atoms with E-state index in [1.807, 2.05) is 20.8 Å². The number of oxazole rings is 1.